The second-order valence-electron chi connectivity index (χ2n) is 4.17. The van der Waals surface area contributed by atoms with Crippen LogP contribution >= 0.6 is 22.6 Å². The molecule has 0 aromatic heterocycles. The van der Waals surface area contributed by atoms with Gasteiger partial charge >= 0.3 is 0 Å². The van der Waals surface area contributed by atoms with Gasteiger partial charge in [-0.25, -0.2) is 0 Å². The molecule has 1 aliphatic rings. The Morgan fingerprint density at radius 3 is 2.94 bits per heavy atom. The standard InChI is InChI=1S/C12H16INO2/c1-16-8-12(15)9-6-14(7-9)11-4-2-3-10(13)5-11/h2-5,9,12,15H,6-8H2,1H3. The number of rotatable bonds is 4. The van der Waals surface area contributed by atoms with Gasteiger partial charge in [0.2, 0.25) is 0 Å². The second kappa shape index (κ2) is 5.33. The zero-order chi connectivity index (χ0) is 11.5. The zero-order valence-corrected chi connectivity index (χ0v) is 11.4. The van der Waals surface area contributed by atoms with Crippen LogP contribution in [0.5, 0.6) is 0 Å². The Hall–Kier alpha value is -0.330. The summed E-state index contributed by atoms with van der Waals surface area (Å²) in [6.45, 7) is 2.28. The SMILES string of the molecule is COCC(O)C1CN(c2cccc(I)c2)C1. The number of ether oxygens (including phenoxy) is 1. The summed E-state index contributed by atoms with van der Waals surface area (Å²) in [4.78, 5) is 2.28. The number of nitrogens with zero attached hydrogens (tertiary/aromatic N) is 1. The first-order valence-corrected chi connectivity index (χ1v) is 6.46. The molecule has 16 heavy (non-hydrogen) atoms. The van der Waals surface area contributed by atoms with Crippen molar-refractivity contribution in [1.82, 2.24) is 0 Å². The van der Waals surface area contributed by atoms with Gasteiger partial charge in [0, 0.05) is 35.4 Å². The lowest BCUT2D eigenvalue weighted by Crippen LogP contribution is -2.53. The molecular weight excluding hydrogens is 317 g/mol. The fourth-order valence-electron chi connectivity index (χ4n) is 1.95. The molecule has 1 N–H and O–H groups in total. The lowest BCUT2D eigenvalue weighted by Gasteiger charge is -2.43. The van der Waals surface area contributed by atoms with Crippen molar-refractivity contribution in [3.63, 3.8) is 0 Å². The van der Waals surface area contributed by atoms with E-state index in [1.165, 1.54) is 9.26 Å². The van der Waals surface area contributed by atoms with Crippen LogP contribution in [-0.2, 0) is 4.74 Å². The van der Waals surface area contributed by atoms with E-state index < -0.39 is 0 Å². The highest BCUT2D eigenvalue weighted by molar-refractivity contribution is 14.1. The smallest absolute Gasteiger partial charge is 0.0835 e. The minimum atomic E-state index is -0.330. The van der Waals surface area contributed by atoms with Crippen LogP contribution in [0.25, 0.3) is 0 Å². The molecule has 0 bridgehead atoms. The molecule has 0 saturated carbocycles. The molecule has 3 nitrogen and oxygen atoms in total. The number of hydrogen-bond donors (Lipinski definition) is 1. The molecular formula is C12H16INO2. The van der Waals surface area contributed by atoms with Crippen molar-refractivity contribution in [2.75, 3.05) is 31.7 Å². The number of aliphatic hydroxyl groups excluding tert-OH is 1. The number of methoxy groups -OCH3 is 1. The first-order valence-electron chi connectivity index (χ1n) is 5.38. The van der Waals surface area contributed by atoms with Gasteiger partial charge in [-0.2, -0.15) is 0 Å². The van der Waals surface area contributed by atoms with E-state index in [0.29, 0.717) is 12.5 Å². The van der Waals surface area contributed by atoms with E-state index in [9.17, 15) is 5.11 Å². The molecule has 1 unspecified atom stereocenters. The molecule has 1 aliphatic heterocycles. The lowest BCUT2D eigenvalue weighted by atomic mass is 9.93. The summed E-state index contributed by atoms with van der Waals surface area (Å²) >= 11 is 2.32. The Balaban J connectivity index is 1.88. The Morgan fingerprint density at radius 1 is 1.56 bits per heavy atom. The summed E-state index contributed by atoms with van der Waals surface area (Å²) in [5.74, 6) is 0.345. The van der Waals surface area contributed by atoms with Crippen LogP contribution in [0.1, 0.15) is 0 Å². The van der Waals surface area contributed by atoms with Gasteiger partial charge in [0.1, 0.15) is 0 Å². The van der Waals surface area contributed by atoms with Gasteiger partial charge < -0.3 is 14.7 Å². The Morgan fingerprint density at radius 2 is 2.31 bits per heavy atom. The van der Waals surface area contributed by atoms with Gasteiger partial charge in [-0.1, -0.05) is 6.07 Å². The zero-order valence-electron chi connectivity index (χ0n) is 9.27. The van der Waals surface area contributed by atoms with Crippen molar-refractivity contribution in [1.29, 1.82) is 0 Å². The van der Waals surface area contributed by atoms with Gasteiger partial charge in [-0.05, 0) is 40.8 Å². The number of benzene rings is 1. The van der Waals surface area contributed by atoms with Gasteiger partial charge in [0.15, 0.2) is 0 Å². The van der Waals surface area contributed by atoms with Crippen LogP contribution in [-0.4, -0.2) is 38.0 Å². The fraction of sp³-hybridized carbons (Fsp3) is 0.500. The van der Waals surface area contributed by atoms with Crippen LogP contribution in [0.3, 0.4) is 0 Å². The molecule has 0 radical (unpaired) electrons. The van der Waals surface area contributed by atoms with Crippen LogP contribution in [0.4, 0.5) is 5.69 Å². The highest BCUT2D eigenvalue weighted by atomic mass is 127. The van der Waals surface area contributed by atoms with Gasteiger partial charge in [0.05, 0.1) is 12.7 Å². The van der Waals surface area contributed by atoms with E-state index in [-0.39, 0.29) is 6.10 Å². The molecule has 1 aromatic carbocycles. The molecule has 1 atom stereocenters. The first kappa shape index (κ1) is 12.1. The lowest BCUT2D eigenvalue weighted by molar-refractivity contribution is 0.0163. The molecule has 4 heteroatoms. The van der Waals surface area contributed by atoms with Crippen molar-refractivity contribution in [2.45, 2.75) is 6.10 Å². The normalized spacial score (nSPS) is 18.3. The van der Waals surface area contributed by atoms with Crippen molar-refractivity contribution in [3.05, 3.63) is 27.8 Å². The third kappa shape index (κ3) is 2.67. The molecule has 1 aromatic rings. The highest BCUT2D eigenvalue weighted by Gasteiger charge is 2.32. The average Bonchev–Trinajstić information content (AvgIpc) is 2.15. The van der Waals surface area contributed by atoms with Gasteiger partial charge in [-0.15, -0.1) is 0 Å². The summed E-state index contributed by atoms with van der Waals surface area (Å²) in [5.41, 5.74) is 1.24. The largest absolute Gasteiger partial charge is 0.390 e. The third-order valence-corrected chi connectivity index (χ3v) is 3.64. The summed E-state index contributed by atoms with van der Waals surface area (Å²) in [6.07, 6.45) is -0.330. The maximum atomic E-state index is 9.74. The van der Waals surface area contributed by atoms with Crippen molar-refractivity contribution in [3.8, 4) is 0 Å². The second-order valence-corrected chi connectivity index (χ2v) is 5.41. The molecule has 2 rings (SSSR count). The maximum absolute atomic E-state index is 9.74. The van der Waals surface area contributed by atoms with Crippen LogP contribution in [0.15, 0.2) is 24.3 Å². The van der Waals surface area contributed by atoms with Crippen molar-refractivity contribution >= 4 is 28.3 Å². The predicted molar refractivity (Wildman–Crippen MR) is 72.7 cm³/mol. The van der Waals surface area contributed by atoms with E-state index in [4.69, 9.17) is 4.74 Å². The van der Waals surface area contributed by atoms with Crippen LogP contribution in [0, 0.1) is 9.49 Å². The van der Waals surface area contributed by atoms with Crippen LogP contribution < -0.4 is 4.90 Å². The van der Waals surface area contributed by atoms with Crippen LogP contribution in [0.2, 0.25) is 0 Å². The number of halogens is 1. The molecule has 1 fully saturated rings. The maximum Gasteiger partial charge on any atom is 0.0835 e. The quantitative estimate of drug-likeness (QED) is 0.852. The minimum Gasteiger partial charge on any atom is -0.390 e. The number of anilines is 1. The molecule has 0 amide bonds. The topological polar surface area (TPSA) is 32.7 Å². The summed E-state index contributed by atoms with van der Waals surface area (Å²) < 4.78 is 6.20. The summed E-state index contributed by atoms with van der Waals surface area (Å²) in [7, 11) is 1.62. The predicted octanol–water partition coefficient (Wildman–Crippen LogP) is 1.73. The first-order chi connectivity index (χ1) is 7.70. The number of hydrogen-bond acceptors (Lipinski definition) is 3. The van der Waals surface area contributed by atoms with Crippen molar-refractivity contribution in [2.24, 2.45) is 5.92 Å². The molecule has 1 heterocycles. The monoisotopic (exact) mass is 333 g/mol. The third-order valence-electron chi connectivity index (χ3n) is 2.96. The Kier molecular flexibility index (Phi) is 4.05. The van der Waals surface area contributed by atoms with Crippen molar-refractivity contribution < 1.29 is 9.84 Å². The summed E-state index contributed by atoms with van der Waals surface area (Å²) in [5, 5.41) is 9.74. The highest BCUT2D eigenvalue weighted by Crippen LogP contribution is 2.27. The van der Waals surface area contributed by atoms with E-state index in [0.717, 1.165) is 13.1 Å². The molecule has 0 aliphatic carbocycles. The fourth-order valence-corrected chi connectivity index (χ4v) is 2.47. The molecule has 88 valence electrons. The van der Waals surface area contributed by atoms with E-state index >= 15 is 0 Å². The minimum absolute atomic E-state index is 0.330. The average molecular weight is 333 g/mol. The Bertz CT molecular complexity index is 353. The van der Waals surface area contributed by atoms with E-state index in [2.05, 4.69) is 51.8 Å². The van der Waals surface area contributed by atoms with E-state index in [1.807, 2.05) is 0 Å². The van der Waals surface area contributed by atoms with E-state index in [1.54, 1.807) is 7.11 Å². The Labute approximate surface area is 110 Å². The van der Waals surface area contributed by atoms with Gasteiger partial charge in [-0.3, -0.25) is 0 Å². The molecule has 1 saturated heterocycles. The molecule has 0 spiro atoms. The summed E-state index contributed by atoms with van der Waals surface area (Å²) in [6, 6.07) is 8.43. The van der Waals surface area contributed by atoms with Gasteiger partial charge in [0.25, 0.3) is 0 Å². The number of aliphatic hydroxyl groups is 1.